The predicted molar refractivity (Wildman–Crippen MR) is 115 cm³/mol. The van der Waals surface area contributed by atoms with Gasteiger partial charge in [0.1, 0.15) is 0 Å². The Balaban J connectivity index is 1.75. The second-order valence-corrected chi connectivity index (χ2v) is 10.4. The first kappa shape index (κ1) is 19.3. The van der Waals surface area contributed by atoms with Crippen LogP contribution in [0.3, 0.4) is 0 Å². The average Bonchev–Trinajstić information content (AvgIpc) is 3.37. The van der Waals surface area contributed by atoms with E-state index in [1.165, 1.54) is 0 Å². The fraction of sp³-hybridized carbons (Fsp3) is 0.565. The number of carbonyl (C=O) groups is 2. The van der Waals surface area contributed by atoms with Gasteiger partial charge in [-0.15, -0.1) is 0 Å². The highest BCUT2D eigenvalue weighted by Crippen LogP contribution is 2.81. The maximum atomic E-state index is 13.4. The van der Waals surface area contributed by atoms with Crippen molar-refractivity contribution in [2.75, 3.05) is 13.1 Å². The van der Waals surface area contributed by atoms with E-state index in [-0.39, 0.29) is 23.2 Å². The second kappa shape index (κ2) is 6.42. The monoisotopic (exact) mass is 457 g/mol. The van der Waals surface area contributed by atoms with Gasteiger partial charge in [-0.3, -0.25) is 9.59 Å². The number of piperidine rings is 1. The van der Waals surface area contributed by atoms with Crippen molar-refractivity contribution in [1.82, 2.24) is 5.32 Å². The summed E-state index contributed by atoms with van der Waals surface area (Å²) in [7, 11) is 0. The summed E-state index contributed by atoms with van der Waals surface area (Å²) in [5.41, 5.74) is 11.3. The zero-order chi connectivity index (χ0) is 20.4. The molecule has 0 radical (unpaired) electrons. The first-order chi connectivity index (χ1) is 13.9. The van der Waals surface area contributed by atoms with Crippen LogP contribution < -0.4 is 16.8 Å². The van der Waals surface area contributed by atoms with E-state index >= 15 is 0 Å². The van der Waals surface area contributed by atoms with E-state index < -0.39 is 16.7 Å². The van der Waals surface area contributed by atoms with Crippen LogP contribution in [0.1, 0.15) is 37.7 Å². The zero-order valence-corrected chi connectivity index (χ0v) is 18.1. The summed E-state index contributed by atoms with van der Waals surface area (Å²) in [6, 6.07) is 7.79. The molecule has 0 aromatic heterocycles. The minimum absolute atomic E-state index is 0.0106. The fourth-order valence-corrected chi connectivity index (χ4v) is 7.53. The quantitative estimate of drug-likeness (QED) is 0.592. The summed E-state index contributed by atoms with van der Waals surface area (Å²) in [6.07, 6.45) is 9.04. The maximum absolute atomic E-state index is 13.4. The number of carbonyl (C=O) groups excluding carboxylic acids is 2. The van der Waals surface area contributed by atoms with Gasteiger partial charge >= 0.3 is 0 Å². The Morgan fingerprint density at radius 2 is 1.62 bits per heavy atom. The molecule has 154 valence electrons. The van der Waals surface area contributed by atoms with Crippen molar-refractivity contribution < 1.29 is 9.59 Å². The number of nitrogens with one attached hydrogen (secondary N) is 1. The van der Waals surface area contributed by atoms with Gasteiger partial charge in [-0.2, -0.15) is 0 Å². The molecule has 0 unspecified atom stereocenters. The van der Waals surface area contributed by atoms with Gasteiger partial charge in [-0.05, 0) is 80.1 Å². The van der Waals surface area contributed by atoms with Crippen molar-refractivity contribution in [2.45, 2.75) is 37.5 Å². The van der Waals surface area contributed by atoms with E-state index in [2.05, 4.69) is 33.4 Å². The Morgan fingerprint density at radius 3 is 2.17 bits per heavy atom. The highest BCUT2D eigenvalue weighted by molar-refractivity contribution is 9.10. The highest BCUT2D eigenvalue weighted by Gasteiger charge is 2.82. The van der Waals surface area contributed by atoms with Gasteiger partial charge in [0.2, 0.25) is 11.8 Å². The molecule has 1 aliphatic heterocycles. The molecule has 1 spiro atoms. The van der Waals surface area contributed by atoms with Gasteiger partial charge in [0.25, 0.3) is 0 Å². The van der Waals surface area contributed by atoms with Crippen molar-refractivity contribution in [3.05, 3.63) is 46.5 Å². The van der Waals surface area contributed by atoms with Crippen LogP contribution in [0.4, 0.5) is 0 Å². The molecule has 5 nitrogen and oxygen atoms in total. The summed E-state index contributed by atoms with van der Waals surface area (Å²) in [4.78, 5) is 26.9. The van der Waals surface area contributed by atoms with Crippen LogP contribution in [0, 0.1) is 28.6 Å². The van der Waals surface area contributed by atoms with E-state index in [0.717, 1.165) is 48.8 Å². The van der Waals surface area contributed by atoms with Crippen molar-refractivity contribution in [1.29, 1.82) is 0 Å². The SMILES string of the molecule is NC(=O)[C@]1(CC2CCNCC2)[C@@H]2C=C[C@@H](C23CC3)[C@@]1(C(N)=O)c1ccc(Br)cc1. The Kier molecular flexibility index (Phi) is 4.27. The largest absolute Gasteiger partial charge is 0.369 e. The van der Waals surface area contributed by atoms with Crippen LogP contribution >= 0.6 is 15.9 Å². The number of hydrogen-bond donors (Lipinski definition) is 3. The van der Waals surface area contributed by atoms with Crippen molar-refractivity contribution in [3.8, 4) is 0 Å². The van der Waals surface area contributed by atoms with Crippen LogP contribution in [0.5, 0.6) is 0 Å². The molecule has 3 fully saturated rings. The second-order valence-electron chi connectivity index (χ2n) is 9.49. The minimum Gasteiger partial charge on any atom is -0.369 e. The Hall–Kier alpha value is -1.66. The van der Waals surface area contributed by atoms with E-state index in [1.54, 1.807) is 0 Å². The molecule has 5 rings (SSSR count). The maximum Gasteiger partial charge on any atom is 0.229 e. The number of halogens is 1. The molecular formula is C23H28BrN3O2. The lowest BCUT2D eigenvalue weighted by atomic mass is 9.51. The lowest BCUT2D eigenvalue weighted by Gasteiger charge is -2.49. The van der Waals surface area contributed by atoms with Gasteiger partial charge in [0.05, 0.1) is 10.8 Å². The Bertz CT molecular complexity index is 888. The van der Waals surface area contributed by atoms with Crippen LogP contribution in [0.2, 0.25) is 0 Å². The molecule has 6 heteroatoms. The first-order valence-corrected chi connectivity index (χ1v) is 11.4. The van der Waals surface area contributed by atoms with Gasteiger partial charge in [0, 0.05) is 10.4 Å². The van der Waals surface area contributed by atoms with E-state index in [9.17, 15) is 9.59 Å². The normalized spacial score (nSPS) is 37.1. The molecule has 2 saturated carbocycles. The molecule has 1 heterocycles. The van der Waals surface area contributed by atoms with E-state index in [1.807, 2.05) is 24.3 Å². The summed E-state index contributed by atoms with van der Waals surface area (Å²) < 4.78 is 0.934. The van der Waals surface area contributed by atoms with Gasteiger partial charge < -0.3 is 16.8 Å². The van der Waals surface area contributed by atoms with E-state index in [0.29, 0.717) is 12.3 Å². The van der Waals surface area contributed by atoms with Crippen molar-refractivity contribution in [2.24, 2.45) is 40.1 Å². The van der Waals surface area contributed by atoms with Crippen LogP contribution in [-0.2, 0) is 15.0 Å². The number of allylic oxidation sites excluding steroid dienone is 2. The molecule has 29 heavy (non-hydrogen) atoms. The molecule has 2 bridgehead atoms. The lowest BCUT2D eigenvalue weighted by molar-refractivity contribution is -0.145. The number of benzene rings is 1. The standard InChI is InChI=1S/C23H28BrN3O2/c24-16-3-1-15(2-4-16)23(20(26)29)18-6-5-17(21(18)9-10-21)22(23,19(25)28)13-14-7-11-27-12-8-14/h1-6,14,17-18,27H,7-13H2,(H2,25,28)(H2,26,29)/t17-,18+,22+,23-/m1/s1. The smallest absolute Gasteiger partial charge is 0.229 e. The molecule has 3 aliphatic carbocycles. The summed E-state index contributed by atoms with van der Waals surface area (Å²) in [5, 5.41) is 3.40. The Morgan fingerprint density at radius 1 is 1.00 bits per heavy atom. The van der Waals surface area contributed by atoms with Crippen LogP contribution in [-0.4, -0.2) is 24.9 Å². The third kappa shape index (κ3) is 2.30. The summed E-state index contributed by atoms with van der Waals surface area (Å²) >= 11 is 3.49. The van der Waals surface area contributed by atoms with Crippen LogP contribution in [0.15, 0.2) is 40.9 Å². The molecule has 1 aromatic rings. The molecule has 4 aliphatic rings. The number of rotatable bonds is 5. The molecule has 1 aromatic carbocycles. The molecule has 4 atom stereocenters. The molecular weight excluding hydrogens is 430 g/mol. The van der Waals surface area contributed by atoms with Crippen LogP contribution in [0.25, 0.3) is 0 Å². The van der Waals surface area contributed by atoms with Gasteiger partial charge in [0.15, 0.2) is 0 Å². The van der Waals surface area contributed by atoms with E-state index in [4.69, 9.17) is 11.5 Å². The minimum atomic E-state index is -1.08. The summed E-state index contributed by atoms with van der Waals surface area (Å²) in [6.45, 7) is 1.88. The topological polar surface area (TPSA) is 98.2 Å². The number of amides is 2. The van der Waals surface area contributed by atoms with Crippen molar-refractivity contribution in [3.63, 3.8) is 0 Å². The molecule has 1 saturated heterocycles. The average molecular weight is 458 g/mol. The number of hydrogen-bond acceptors (Lipinski definition) is 3. The first-order valence-electron chi connectivity index (χ1n) is 10.6. The number of nitrogens with two attached hydrogens (primary N) is 2. The predicted octanol–water partition coefficient (Wildman–Crippen LogP) is 2.63. The van der Waals surface area contributed by atoms with Gasteiger partial charge in [-0.1, -0.05) is 40.2 Å². The van der Waals surface area contributed by atoms with Gasteiger partial charge in [-0.25, -0.2) is 0 Å². The third-order valence-electron chi connectivity index (χ3n) is 8.46. The highest BCUT2D eigenvalue weighted by atomic mass is 79.9. The third-order valence-corrected chi connectivity index (χ3v) is 8.99. The zero-order valence-electron chi connectivity index (χ0n) is 16.5. The molecule has 5 N–H and O–H groups in total. The van der Waals surface area contributed by atoms with Crippen molar-refractivity contribution >= 4 is 27.7 Å². The fourth-order valence-electron chi connectivity index (χ4n) is 7.26. The molecule has 2 amide bonds. The Labute approximate surface area is 179 Å². The lowest BCUT2D eigenvalue weighted by Crippen LogP contribution is -2.63. The number of primary amides is 2. The summed E-state index contributed by atoms with van der Waals surface area (Å²) in [5.74, 6) is -0.477.